The summed E-state index contributed by atoms with van der Waals surface area (Å²) in [4.78, 5) is 4.28. The molecule has 0 bridgehead atoms. The first kappa shape index (κ1) is 8.31. The summed E-state index contributed by atoms with van der Waals surface area (Å²) in [6.07, 6.45) is 3.47. The summed E-state index contributed by atoms with van der Waals surface area (Å²) in [5, 5.41) is 0. The fourth-order valence-corrected chi connectivity index (χ4v) is 1.15. The van der Waals surface area contributed by atoms with Crippen LogP contribution in [0.1, 0.15) is 37.1 Å². The van der Waals surface area contributed by atoms with Crippen molar-refractivity contribution in [1.82, 2.24) is 4.98 Å². The van der Waals surface area contributed by atoms with Crippen molar-refractivity contribution in [1.29, 1.82) is 0 Å². The molecule has 1 rings (SSSR count). The lowest BCUT2D eigenvalue weighted by Gasteiger charge is -1.92. The Morgan fingerprint density at radius 2 is 2.09 bits per heavy atom. The van der Waals surface area contributed by atoms with Crippen molar-refractivity contribution in [3.63, 3.8) is 0 Å². The number of aromatic nitrogens is 1. The Labute approximate surface area is 67.6 Å². The lowest BCUT2D eigenvalue weighted by Crippen LogP contribution is -1.87. The summed E-state index contributed by atoms with van der Waals surface area (Å²) >= 11 is 0. The molecular weight excluding hydrogens is 138 g/mol. The number of hydrogen-bond donors (Lipinski definition) is 0. The van der Waals surface area contributed by atoms with Gasteiger partial charge in [-0.05, 0) is 19.8 Å². The Kier molecular flexibility index (Phi) is 2.69. The van der Waals surface area contributed by atoms with Crippen molar-refractivity contribution < 1.29 is 4.42 Å². The summed E-state index contributed by atoms with van der Waals surface area (Å²) in [5.74, 6) is 1.77. The van der Waals surface area contributed by atoms with E-state index in [0.29, 0.717) is 0 Å². The third-order valence-corrected chi connectivity index (χ3v) is 1.77. The van der Waals surface area contributed by atoms with Gasteiger partial charge in [0.2, 0.25) is 0 Å². The van der Waals surface area contributed by atoms with Crippen molar-refractivity contribution in [2.75, 3.05) is 0 Å². The van der Waals surface area contributed by atoms with Gasteiger partial charge in [0.15, 0.2) is 5.89 Å². The summed E-state index contributed by atoms with van der Waals surface area (Å²) in [6.45, 7) is 6.05. The topological polar surface area (TPSA) is 26.0 Å². The van der Waals surface area contributed by atoms with E-state index in [9.17, 15) is 0 Å². The number of nitrogens with zero attached hydrogens (tertiary/aromatic N) is 1. The Balaban J connectivity index is 2.62. The van der Waals surface area contributed by atoms with Crippen LogP contribution >= 0.6 is 0 Å². The number of rotatable bonds is 3. The first-order chi connectivity index (χ1) is 5.24. The fourth-order valence-electron chi connectivity index (χ4n) is 1.15. The standard InChI is InChI=1S/C9H15NO/c1-4-5-6-9-7(2)11-8(3)10-9/h4-6H2,1-3H3. The number of unbranched alkanes of at least 4 members (excludes halogenated alkanes) is 1. The van der Waals surface area contributed by atoms with E-state index in [4.69, 9.17) is 4.42 Å². The maximum absolute atomic E-state index is 5.30. The lowest BCUT2D eigenvalue weighted by atomic mass is 10.2. The average Bonchev–Trinajstić information content (AvgIpc) is 2.26. The van der Waals surface area contributed by atoms with E-state index in [2.05, 4.69) is 11.9 Å². The Hall–Kier alpha value is -0.790. The van der Waals surface area contributed by atoms with E-state index in [1.54, 1.807) is 0 Å². The molecule has 0 aliphatic carbocycles. The molecular formula is C9H15NO. The van der Waals surface area contributed by atoms with Gasteiger partial charge >= 0.3 is 0 Å². The minimum atomic E-state index is 0.786. The Morgan fingerprint density at radius 3 is 2.55 bits per heavy atom. The van der Waals surface area contributed by atoms with E-state index < -0.39 is 0 Å². The van der Waals surface area contributed by atoms with Crippen LogP contribution in [0.4, 0.5) is 0 Å². The van der Waals surface area contributed by atoms with Crippen LogP contribution in [0.15, 0.2) is 4.42 Å². The molecule has 2 nitrogen and oxygen atoms in total. The molecule has 1 aromatic heterocycles. The van der Waals surface area contributed by atoms with Crippen LogP contribution in [0.5, 0.6) is 0 Å². The monoisotopic (exact) mass is 153 g/mol. The maximum Gasteiger partial charge on any atom is 0.191 e. The normalized spacial score (nSPS) is 10.5. The molecule has 0 saturated carbocycles. The summed E-state index contributed by atoms with van der Waals surface area (Å²) < 4.78 is 5.30. The summed E-state index contributed by atoms with van der Waals surface area (Å²) in [7, 11) is 0. The van der Waals surface area contributed by atoms with E-state index in [1.165, 1.54) is 12.8 Å². The molecule has 11 heavy (non-hydrogen) atoms. The lowest BCUT2D eigenvalue weighted by molar-refractivity contribution is 0.492. The van der Waals surface area contributed by atoms with Crippen LogP contribution in [0, 0.1) is 13.8 Å². The average molecular weight is 153 g/mol. The maximum atomic E-state index is 5.30. The molecule has 0 aliphatic heterocycles. The molecule has 62 valence electrons. The molecule has 2 heteroatoms. The molecule has 0 atom stereocenters. The van der Waals surface area contributed by atoms with Crippen molar-refractivity contribution in [3.8, 4) is 0 Å². The molecule has 0 radical (unpaired) electrons. The van der Waals surface area contributed by atoms with Crippen molar-refractivity contribution in [2.24, 2.45) is 0 Å². The van der Waals surface area contributed by atoms with E-state index in [1.807, 2.05) is 13.8 Å². The molecule has 0 spiro atoms. The molecule has 0 aliphatic rings. The molecule has 0 N–H and O–H groups in total. The van der Waals surface area contributed by atoms with E-state index >= 15 is 0 Å². The van der Waals surface area contributed by atoms with Gasteiger partial charge in [-0.15, -0.1) is 0 Å². The highest BCUT2D eigenvalue weighted by molar-refractivity contribution is 5.07. The number of hydrogen-bond acceptors (Lipinski definition) is 2. The smallest absolute Gasteiger partial charge is 0.191 e. The van der Waals surface area contributed by atoms with Gasteiger partial charge in [0.05, 0.1) is 5.69 Å². The third kappa shape index (κ3) is 2.07. The van der Waals surface area contributed by atoms with Crippen LogP contribution in [-0.2, 0) is 6.42 Å². The largest absolute Gasteiger partial charge is 0.446 e. The second-order valence-electron chi connectivity index (χ2n) is 2.84. The van der Waals surface area contributed by atoms with Gasteiger partial charge in [0.25, 0.3) is 0 Å². The fraction of sp³-hybridized carbons (Fsp3) is 0.667. The highest BCUT2D eigenvalue weighted by Gasteiger charge is 2.04. The minimum absolute atomic E-state index is 0.786. The van der Waals surface area contributed by atoms with Crippen LogP contribution in [0.2, 0.25) is 0 Å². The van der Waals surface area contributed by atoms with Gasteiger partial charge < -0.3 is 4.42 Å². The highest BCUT2D eigenvalue weighted by Crippen LogP contribution is 2.11. The van der Waals surface area contributed by atoms with Crippen LogP contribution in [0.3, 0.4) is 0 Å². The van der Waals surface area contributed by atoms with Crippen LogP contribution in [0.25, 0.3) is 0 Å². The SMILES string of the molecule is CCCCc1nc(C)oc1C. The highest BCUT2D eigenvalue weighted by atomic mass is 16.4. The predicted octanol–water partition coefficient (Wildman–Crippen LogP) is 2.63. The van der Waals surface area contributed by atoms with Gasteiger partial charge in [0, 0.05) is 6.92 Å². The Bertz CT molecular complexity index is 227. The van der Waals surface area contributed by atoms with E-state index in [-0.39, 0.29) is 0 Å². The first-order valence-electron chi connectivity index (χ1n) is 4.17. The minimum Gasteiger partial charge on any atom is -0.446 e. The van der Waals surface area contributed by atoms with Crippen LogP contribution in [-0.4, -0.2) is 4.98 Å². The van der Waals surface area contributed by atoms with Gasteiger partial charge in [-0.1, -0.05) is 13.3 Å². The Morgan fingerprint density at radius 1 is 1.36 bits per heavy atom. The van der Waals surface area contributed by atoms with Gasteiger partial charge in [-0.25, -0.2) is 4.98 Å². The third-order valence-electron chi connectivity index (χ3n) is 1.77. The van der Waals surface area contributed by atoms with Crippen molar-refractivity contribution in [2.45, 2.75) is 40.0 Å². The molecule has 0 aromatic carbocycles. The number of oxazole rings is 1. The molecule has 0 unspecified atom stereocenters. The zero-order chi connectivity index (χ0) is 8.27. The zero-order valence-electron chi connectivity index (χ0n) is 7.48. The predicted molar refractivity (Wildman–Crippen MR) is 44.6 cm³/mol. The quantitative estimate of drug-likeness (QED) is 0.667. The summed E-state index contributed by atoms with van der Waals surface area (Å²) in [5.41, 5.74) is 1.13. The second-order valence-corrected chi connectivity index (χ2v) is 2.84. The number of aryl methyl sites for hydroxylation is 3. The zero-order valence-corrected chi connectivity index (χ0v) is 7.48. The molecule has 0 saturated heterocycles. The molecule has 0 amide bonds. The summed E-state index contributed by atoms with van der Waals surface area (Å²) in [6, 6.07) is 0. The molecule has 1 aromatic rings. The van der Waals surface area contributed by atoms with Crippen molar-refractivity contribution in [3.05, 3.63) is 17.3 Å². The molecule has 1 heterocycles. The second kappa shape index (κ2) is 3.56. The molecule has 0 fully saturated rings. The van der Waals surface area contributed by atoms with Gasteiger partial charge in [-0.3, -0.25) is 0 Å². The van der Waals surface area contributed by atoms with Crippen molar-refractivity contribution >= 4 is 0 Å². The van der Waals surface area contributed by atoms with Gasteiger partial charge in [-0.2, -0.15) is 0 Å². The van der Waals surface area contributed by atoms with Crippen LogP contribution < -0.4 is 0 Å². The van der Waals surface area contributed by atoms with Gasteiger partial charge in [0.1, 0.15) is 5.76 Å². The van der Waals surface area contributed by atoms with E-state index in [0.717, 1.165) is 23.8 Å². The first-order valence-corrected chi connectivity index (χ1v) is 4.17.